The first-order chi connectivity index (χ1) is 8.45. The van der Waals surface area contributed by atoms with Gasteiger partial charge >= 0.3 is 0 Å². The quantitative estimate of drug-likeness (QED) is 0.422. The smallest absolute Gasteiger partial charge is 0.257 e. The van der Waals surface area contributed by atoms with Crippen LogP contribution in [0.5, 0.6) is 0 Å². The van der Waals surface area contributed by atoms with E-state index in [1.165, 1.54) is 0 Å². The second-order valence-electron chi connectivity index (χ2n) is 3.18. The number of hydrogen-bond donors (Lipinski definition) is 3. The summed E-state index contributed by atoms with van der Waals surface area (Å²) >= 11 is 4.80. The SMILES string of the molecule is C=CCNC(=S)NNS(=O)(=O)c1ccc(F)cc1. The minimum Gasteiger partial charge on any atom is -0.358 e. The third-order valence-corrected chi connectivity index (χ3v) is 3.34. The van der Waals surface area contributed by atoms with E-state index < -0.39 is 15.8 Å². The summed E-state index contributed by atoms with van der Waals surface area (Å²) in [6.45, 7) is 3.88. The Morgan fingerprint density at radius 1 is 1.39 bits per heavy atom. The molecule has 0 spiro atoms. The van der Waals surface area contributed by atoms with E-state index in [4.69, 9.17) is 12.2 Å². The summed E-state index contributed by atoms with van der Waals surface area (Å²) in [5.74, 6) is -0.509. The highest BCUT2D eigenvalue weighted by Crippen LogP contribution is 2.08. The Morgan fingerprint density at radius 3 is 2.56 bits per heavy atom. The third-order valence-electron chi connectivity index (χ3n) is 1.83. The number of nitrogens with one attached hydrogen (secondary N) is 3. The Labute approximate surface area is 110 Å². The van der Waals surface area contributed by atoms with Crippen LogP contribution >= 0.6 is 12.2 Å². The van der Waals surface area contributed by atoms with Gasteiger partial charge in [-0.3, -0.25) is 5.43 Å². The Morgan fingerprint density at radius 2 is 2.00 bits per heavy atom. The average Bonchev–Trinajstić information content (AvgIpc) is 2.34. The van der Waals surface area contributed by atoms with Crippen molar-refractivity contribution in [2.75, 3.05) is 6.54 Å². The number of rotatable bonds is 5. The summed E-state index contributed by atoms with van der Waals surface area (Å²) in [6, 6.07) is 4.42. The van der Waals surface area contributed by atoms with E-state index in [9.17, 15) is 12.8 Å². The Bertz CT molecular complexity index is 529. The highest BCUT2D eigenvalue weighted by atomic mass is 32.2. The third kappa shape index (κ3) is 4.40. The standard InChI is InChI=1S/C10H12FN3O2S2/c1-2-7-12-10(17)13-14-18(15,16)9-5-3-8(11)4-6-9/h2-6,14H,1,7H2,(H2,12,13,17). The highest BCUT2D eigenvalue weighted by molar-refractivity contribution is 7.89. The summed E-state index contributed by atoms with van der Waals surface area (Å²) in [5, 5.41) is 2.79. The fourth-order valence-electron chi connectivity index (χ4n) is 0.995. The maximum atomic E-state index is 12.7. The van der Waals surface area contributed by atoms with Crippen molar-refractivity contribution in [2.24, 2.45) is 0 Å². The van der Waals surface area contributed by atoms with E-state index >= 15 is 0 Å². The first-order valence-corrected chi connectivity index (χ1v) is 6.77. The summed E-state index contributed by atoms with van der Waals surface area (Å²) in [7, 11) is -3.78. The lowest BCUT2D eigenvalue weighted by atomic mass is 10.4. The fourth-order valence-corrected chi connectivity index (χ4v) is 2.04. The number of hydrogen-bond acceptors (Lipinski definition) is 3. The van der Waals surface area contributed by atoms with E-state index in [0.717, 1.165) is 24.3 Å². The van der Waals surface area contributed by atoms with E-state index in [0.29, 0.717) is 6.54 Å². The van der Waals surface area contributed by atoms with Gasteiger partial charge in [-0.1, -0.05) is 6.08 Å². The molecule has 8 heteroatoms. The minimum absolute atomic E-state index is 0.0667. The van der Waals surface area contributed by atoms with Gasteiger partial charge in [0.05, 0.1) is 4.90 Å². The molecule has 98 valence electrons. The lowest BCUT2D eigenvalue weighted by Crippen LogP contribution is -2.46. The van der Waals surface area contributed by atoms with Crippen molar-refractivity contribution in [3.05, 3.63) is 42.7 Å². The Kier molecular flexibility index (Phi) is 5.20. The van der Waals surface area contributed by atoms with Crippen molar-refractivity contribution in [2.45, 2.75) is 4.90 Å². The first-order valence-electron chi connectivity index (χ1n) is 4.88. The highest BCUT2D eigenvalue weighted by Gasteiger charge is 2.13. The van der Waals surface area contributed by atoms with E-state index in [-0.39, 0.29) is 10.0 Å². The predicted molar refractivity (Wildman–Crippen MR) is 70.7 cm³/mol. The molecule has 5 nitrogen and oxygen atoms in total. The molecule has 0 radical (unpaired) electrons. The molecule has 0 amide bonds. The Hall–Kier alpha value is -1.51. The van der Waals surface area contributed by atoms with Gasteiger partial charge in [0.15, 0.2) is 5.11 Å². The molecule has 0 saturated heterocycles. The molecule has 0 aliphatic rings. The molecule has 0 heterocycles. The lowest BCUT2D eigenvalue weighted by Gasteiger charge is -2.10. The maximum absolute atomic E-state index is 12.7. The maximum Gasteiger partial charge on any atom is 0.257 e. The molecule has 0 atom stereocenters. The molecular weight excluding hydrogens is 277 g/mol. The lowest BCUT2D eigenvalue weighted by molar-refractivity contribution is 0.576. The normalized spacial score (nSPS) is 10.7. The van der Waals surface area contributed by atoms with Crippen molar-refractivity contribution in [1.29, 1.82) is 0 Å². The molecule has 0 unspecified atom stereocenters. The van der Waals surface area contributed by atoms with Gasteiger partial charge in [-0.2, -0.15) is 0 Å². The van der Waals surface area contributed by atoms with Gasteiger partial charge in [-0.25, -0.2) is 12.8 Å². The molecule has 0 bridgehead atoms. The van der Waals surface area contributed by atoms with Crippen LogP contribution in [0.15, 0.2) is 41.8 Å². The van der Waals surface area contributed by atoms with Gasteiger partial charge in [0.2, 0.25) is 0 Å². The number of thiocarbonyl (C=S) groups is 1. The summed E-state index contributed by atoms with van der Waals surface area (Å²) < 4.78 is 36.1. The second kappa shape index (κ2) is 6.43. The average molecular weight is 289 g/mol. The minimum atomic E-state index is -3.78. The van der Waals surface area contributed by atoms with E-state index in [1.54, 1.807) is 6.08 Å². The van der Waals surface area contributed by atoms with E-state index in [1.807, 2.05) is 0 Å². The molecule has 0 aliphatic carbocycles. The van der Waals surface area contributed by atoms with Crippen LogP contribution in [0, 0.1) is 5.82 Å². The molecule has 0 saturated carbocycles. The van der Waals surface area contributed by atoms with Crippen LogP contribution in [0.2, 0.25) is 0 Å². The van der Waals surface area contributed by atoms with Crippen molar-refractivity contribution >= 4 is 27.4 Å². The molecule has 0 fully saturated rings. The molecule has 3 N–H and O–H groups in total. The van der Waals surface area contributed by atoms with Gasteiger partial charge in [0.25, 0.3) is 10.0 Å². The molecule has 1 aromatic rings. The zero-order chi connectivity index (χ0) is 13.6. The molecule has 1 rings (SSSR count). The van der Waals surface area contributed by atoms with Crippen molar-refractivity contribution in [3.8, 4) is 0 Å². The van der Waals surface area contributed by atoms with Gasteiger partial charge < -0.3 is 5.32 Å². The second-order valence-corrected chi connectivity index (χ2v) is 5.27. The van der Waals surface area contributed by atoms with Crippen LogP contribution in [0.25, 0.3) is 0 Å². The molecular formula is C10H12FN3O2S2. The van der Waals surface area contributed by atoms with Gasteiger partial charge in [0, 0.05) is 6.54 Å². The Balaban J connectivity index is 2.62. The zero-order valence-electron chi connectivity index (χ0n) is 9.31. The van der Waals surface area contributed by atoms with Crippen molar-refractivity contribution < 1.29 is 12.8 Å². The summed E-state index contributed by atoms with van der Waals surface area (Å²) in [6.07, 6.45) is 1.57. The van der Waals surface area contributed by atoms with Crippen LogP contribution in [0.4, 0.5) is 4.39 Å². The fraction of sp³-hybridized carbons (Fsp3) is 0.100. The first kappa shape index (κ1) is 14.6. The van der Waals surface area contributed by atoms with Crippen LogP contribution in [0.3, 0.4) is 0 Å². The monoisotopic (exact) mass is 289 g/mol. The summed E-state index contributed by atoms with van der Waals surface area (Å²) in [5.41, 5.74) is 2.31. The molecule has 0 aliphatic heterocycles. The number of hydrazine groups is 1. The van der Waals surface area contributed by atoms with Crippen molar-refractivity contribution in [3.63, 3.8) is 0 Å². The summed E-state index contributed by atoms with van der Waals surface area (Å²) in [4.78, 5) is 2.00. The van der Waals surface area contributed by atoms with Gasteiger partial charge in [-0.05, 0) is 36.5 Å². The molecule has 18 heavy (non-hydrogen) atoms. The van der Waals surface area contributed by atoms with Crippen molar-refractivity contribution in [1.82, 2.24) is 15.6 Å². The molecule has 0 aromatic heterocycles. The number of sulfonamides is 1. The predicted octanol–water partition coefficient (Wildman–Crippen LogP) is 0.669. The van der Waals surface area contributed by atoms with Gasteiger partial charge in [0.1, 0.15) is 5.82 Å². The largest absolute Gasteiger partial charge is 0.358 e. The molecule has 1 aromatic carbocycles. The topological polar surface area (TPSA) is 70.2 Å². The zero-order valence-corrected chi connectivity index (χ0v) is 10.9. The van der Waals surface area contributed by atoms with Crippen LogP contribution in [-0.2, 0) is 10.0 Å². The van der Waals surface area contributed by atoms with Crippen LogP contribution < -0.4 is 15.6 Å². The van der Waals surface area contributed by atoms with Crippen LogP contribution in [0.1, 0.15) is 0 Å². The number of halogens is 1. The number of benzene rings is 1. The van der Waals surface area contributed by atoms with Crippen LogP contribution in [-0.4, -0.2) is 20.1 Å². The van der Waals surface area contributed by atoms with Gasteiger partial charge in [-0.15, -0.1) is 11.4 Å². The van der Waals surface area contributed by atoms with E-state index in [2.05, 4.69) is 22.2 Å².